The van der Waals surface area contributed by atoms with Gasteiger partial charge >= 0.3 is 5.97 Å². The minimum atomic E-state index is -1.54. The highest BCUT2D eigenvalue weighted by Gasteiger charge is 2.26. The molecule has 4 heteroatoms. The summed E-state index contributed by atoms with van der Waals surface area (Å²) in [6, 6.07) is 8.59. The molecule has 1 radical (unpaired) electrons. The normalized spacial score (nSPS) is 25.5. The molecule has 0 bridgehead atoms. The van der Waals surface area contributed by atoms with Crippen molar-refractivity contribution in [2.45, 2.75) is 76.5 Å². The lowest BCUT2D eigenvalue weighted by Gasteiger charge is -2.28. The van der Waals surface area contributed by atoms with E-state index in [1.807, 2.05) is 0 Å². The van der Waals surface area contributed by atoms with Crippen molar-refractivity contribution in [1.29, 1.82) is 0 Å². The van der Waals surface area contributed by atoms with E-state index in [9.17, 15) is 9.18 Å². The van der Waals surface area contributed by atoms with Gasteiger partial charge in [-0.05, 0) is 94.2 Å². The smallest absolute Gasteiger partial charge is 0.340 e. The number of rotatable bonds is 6. The van der Waals surface area contributed by atoms with Gasteiger partial charge in [0.25, 0.3) is 0 Å². The van der Waals surface area contributed by atoms with Gasteiger partial charge in [0.15, 0.2) is 6.17 Å². The Morgan fingerprint density at radius 1 is 1.08 bits per heavy atom. The second-order valence-electron chi connectivity index (χ2n) is 7.72. The zero-order chi connectivity index (χ0) is 18.4. The van der Waals surface area contributed by atoms with Gasteiger partial charge in [0.1, 0.15) is 11.9 Å². The molecule has 1 atom stereocenters. The van der Waals surface area contributed by atoms with Crippen LogP contribution in [-0.4, -0.2) is 24.9 Å². The Kier molecular flexibility index (Phi) is 6.93. The third kappa shape index (κ3) is 5.46. The van der Waals surface area contributed by atoms with Crippen LogP contribution in [0.15, 0.2) is 24.3 Å². The summed E-state index contributed by atoms with van der Waals surface area (Å²) >= 11 is 0. The van der Waals surface area contributed by atoms with Crippen LogP contribution in [0.1, 0.15) is 69.8 Å². The van der Waals surface area contributed by atoms with Gasteiger partial charge in [-0.2, -0.15) is 0 Å². The van der Waals surface area contributed by atoms with Gasteiger partial charge in [-0.25, -0.2) is 9.18 Å². The summed E-state index contributed by atoms with van der Waals surface area (Å²) in [5.41, 5.74) is 1.43. The number of hydrogen-bond acceptors (Lipinski definition) is 3. The highest BCUT2D eigenvalue weighted by atomic mass is 19.1. The summed E-state index contributed by atoms with van der Waals surface area (Å²) in [5, 5.41) is 0. The van der Waals surface area contributed by atoms with Crippen molar-refractivity contribution in [3.05, 3.63) is 36.2 Å². The first kappa shape index (κ1) is 19.2. The first-order valence-electron chi connectivity index (χ1n) is 10.0. The van der Waals surface area contributed by atoms with Crippen LogP contribution < -0.4 is 4.74 Å². The van der Waals surface area contributed by atoms with Gasteiger partial charge in [0.05, 0.1) is 6.61 Å². The molecule has 143 valence electrons. The van der Waals surface area contributed by atoms with Gasteiger partial charge in [-0.1, -0.05) is 12.1 Å². The second kappa shape index (κ2) is 9.38. The molecular weight excluding hydrogens is 331 g/mol. The van der Waals surface area contributed by atoms with Crippen molar-refractivity contribution >= 4 is 5.97 Å². The zero-order valence-corrected chi connectivity index (χ0v) is 15.7. The molecule has 3 rings (SSSR count). The SMILES string of the molecule is C[C@@H](F)C(=O)OC1CCC(COc2ccc(C3CC[CH]CC3)cc2)CC1. The van der Waals surface area contributed by atoms with E-state index in [1.165, 1.54) is 38.2 Å². The van der Waals surface area contributed by atoms with E-state index < -0.39 is 12.1 Å². The van der Waals surface area contributed by atoms with Gasteiger partial charge in [-0.15, -0.1) is 0 Å². The third-order valence-electron chi connectivity index (χ3n) is 5.68. The molecule has 1 aromatic carbocycles. The van der Waals surface area contributed by atoms with Crippen LogP contribution in [0, 0.1) is 12.3 Å². The van der Waals surface area contributed by atoms with Crippen LogP contribution in [0.4, 0.5) is 4.39 Å². The predicted molar refractivity (Wildman–Crippen MR) is 99.9 cm³/mol. The van der Waals surface area contributed by atoms with E-state index in [1.54, 1.807) is 0 Å². The van der Waals surface area contributed by atoms with Gasteiger partial charge in [-0.3, -0.25) is 0 Å². The van der Waals surface area contributed by atoms with Crippen LogP contribution in [-0.2, 0) is 9.53 Å². The fraction of sp³-hybridized carbons (Fsp3) is 0.636. The third-order valence-corrected chi connectivity index (χ3v) is 5.68. The van der Waals surface area contributed by atoms with Crippen molar-refractivity contribution in [2.24, 2.45) is 5.92 Å². The van der Waals surface area contributed by atoms with Crippen molar-refractivity contribution in [1.82, 2.24) is 0 Å². The van der Waals surface area contributed by atoms with E-state index >= 15 is 0 Å². The van der Waals surface area contributed by atoms with E-state index in [2.05, 4.69) is 30.7 Å². The number of benzene rings is 1. The summed E-state index contributed by atoms with van der Waals surface area (Å²) in [6.45, 7) is 1.91. The van der Waals surface area contributed by atoms with Crippen molar-refractivity contribution in [3.63, 3.8) is 0 Å². The fourth-order valence-corrected chi connectivity index (χ4v) is 3.98. The molecule has 0 N–H and O–H groups in total. The number of hydrogen-bond donors (Lipinski definition) is 0. The largest absolute Gasteiger partial charge is 0.493 e. The molecule has 0 unspecified atom stereocenters. The summed E-state index contributed by atoms with van der Waals surface area (Å²) in [7, 11) is 0. The Bertz CT molecular complexity index is 555. The van der Waals surface area contributed by atoms with E-state index in [4.69, 9.17) is 9.47 Å². The van der Waals surface area contributed by atoms with Crippen LogP contribution in [0.2, 0.25) is 0 Å². The lowest BCUT2D eigenvalue weighted by atomic mass is 9.84. The number of carbonyl (C=O) groups excluding carboxylic acids is 1. The zero-order valence-electron chi connectivity index (χ0n) is 15.7. The summed E-state index contributed by atoms with van der Waals surface area (Å²) < 4.78 is 24.0. The molecule has 0 spiro atoms. The lowest BCUT2D eigenvalue weighted by Crippen LogP contribution is -2.29. The fourth-order valence-electron chi connectivity index (χ4n) is 3.98. The molecule has 3 nitrogen and oxygen atoms in total. The van der Waals surface area contributed by atoms with Gasteiger partial charge < -0.3 is 9.47 Å². The minimum absolute atomic E-state index is 0.135. The molecule has 0 heterocycles. The van der Waals surface area contributed by atoms with E-state index in [0.717, 1.165) is 31.4 Å². The second-order valence-corrected chi connectivity index (χ2v) is 7.72. The number of alkyl halides is 1. The Hall–Kier alpha value is -1.58. The maximum absolute atomic E-state index is 12.9. The number of ether oxygens (including phenoxy) is 2. The Balaban J connectivity index is 1.39. The summed E-state index contributed by atoms with van der Waals surface area (Å²) in [4.78, 5) is 11.3. The minimum Gasteiger partial charge on any atom is -0.493 e. The van der Waals surface area contributed by atoms with Crippen LogP contribution in [0.5, 0.6) is 5.75 Å². The Morgan fingerprint density at radius 2 is 1.73 bits per heavy atom. The quantitative estimate of drug-likeness (QED) is 0.638. The van der Waals surface area contributed by atoms with E-state index in [0.29, 0.717) is 18.4 Å². The van der Waals surface area contributed by atoms with Crippen LogP contribution in [0.25, 0.3) is 0 Å². The predicted octanol–water partition coefficient (Wildman–Crippen LogP) is 5.39. The maximum atomic E-state index is 12.9. The highest BCUT2D eigenvalue weighted by Crippen LogP contribution is 2.33. The molecule has 0 aromatic heterocycles. The van der Waals surface area contributed by atoms with Gasteiger partial charge in [0.2, 0.25) is 0 Å². The monoisotopic (exact) mass is 361 g/mol. The molecule has 0 amide bonds. The highest BCUT2D eigenvalue weighted by molar-refractivity contribution is 5.74. The maximum Gasteiger partial charge on any atom is 0.340 e. The number of esters is 1. The number of halogens is 1. The molecule has 0 aliphatic heterocycles. The molecule has 2 aliphatic rings. The van der Waals surface area contributed by atoms with Crippen molar-refractivity contribution < 1.29 is 18.7 Å². The average Bonchev–Trinajstić information content (AvgIpc) is 2.68. The molecule has 0 saturated heterocycles. The van der Waals surface area contributed by atoms with Crippen LogP contribution >= 0.6 is 0 Å². The van der Waals surface area contributed by atoms with Crippen molar-refractivity contribution in [3.8, 4) is 5.75 Å². The molecule has 2 fully saturated rings. The Morgan fingerprint density at radius 3 is 2.35 bits per heavy atom. The average molecular weight is 361 g/mol. The lowest BCUT2D eigenvalue weighted by molar-refractivity contribution is -0.156. The Labute approximate surface area is 156 Å². The van der Waals surface area contributed by atoms with E-state index in [-0.39, 0.29) is 6.10 Å². The molecule has 2 saturated carbocycles. The molecular formula is C22H30FO3. The summed E-state index contributed by atoms with van der Waals surface area (Å²) in [6.07, 6.45) is 9.19. The molecule has 2 aliphatic carbocycles. The van der Waals surface area contributed by atoms with Crippen molar-refractivity contribution in [2.75, 3.05) is 6.61 Å². The van der Waals surface area contributed by atoms with Gasteiger partial charge in [0, 0.05) is 0 Å². The molecule has 1 aromatic rings. The summed E-state index contributed by atoms with van der Waals surface area (Å²) in [5.74, 6) is 1.36. The number of carbonyl (C=O) groups is 1. The standard InChI is InChI=1S/C22H30FO3/c1-16(23)22(24)26-21-11-7-17(8-12-21)15-25-20-13-9-19(10-14-20)18-5-3-2-4-6-18/h2,9-10,13-14,16-18,21H,3-8,11-12,15H2,1H3/t16-,17?,21?/m1/s1. The molecule has 26 heavy (non-hydrogen) atoms. The first-order chi connectivity index (χ1) is 12.6. The van der Waals surface area contributed by atoms with Crippen LogP contribution in [0.3, 0.4) is 0 Å². The topological polar surface area (TPSA) is 35.5 Å². The first-order valence-corrected chi connectivity index (χ1v) is 10.0.